The zero-order chi connectivity index (χ0) is 10.7. The summed E-state index contributed by atoms with van der Waals surface area (Å²) in [6.45, 7) is 8.82. The molecule has 0 heterocycles. The molecule has 1 rings (SSSR count). The molecule has 0 N–H and O–H groups in total. The van der Waals surface area contributed by atoms with Crippen LogP contribution in [-0.4, -0.2) is 7.11 Å². The van der Waals surface area contributed by atoms with Gasteiger partial charge in [-0.15, -0.1) is 0 Å². The van der Waals surface area contributed by atoms with Gasteiger partial charge in [-0.2, -0.15) is 0 Å². The number of hydrogen-bond donors (Lipinski definition) is 0. The van der Waals surface area contributed by atoms with Crippen molar-refractivity contribution in [3.05, 3.63) is 29.3 Å². The number of hydrogen-bond acceptors (Lipinski definition) is 1. The molecule has 0 saturated heterocycles. The topological polar surface area (TPSA) is 9.23 Å². The van der Waals surface area contributed by atoms with Crippen LogP contribution in [0.2, 0.25) is 0 Å². The smallest absolute Gasteiger partial charge is 0.122 e. The Morgan fingerprint density at radius 3 is 2.29 bits per heavy atom. The Labute approximate surface area is 87.1 Å². The molecule has 1 unspecified atom stereocenters. The van der Waals surface area contributed by atoms with Crippen LogP contribution in [0.4, 0.5) is 0 Å². The molecule has 14 heavy (non-hydrogen) atoms. The van der Waals surface area contributed by atoms with Gasteiger partial charge in [-0.1, -0.05) is 32.9 Å². The van der Waals surface area contributed by atoms with Crippen LogP contribution in [0.5, 0.6) is 5.75 Å². The summed E-state index contributed by atoms with van der Waals surface area (Å²) in [5.74, 6) is 2.21. The summed E-state index contributed by atoms with van der Waals surface area (Å²) >= 11 is 0. The second-order valence-corrected chi connectivity index (χ2v) is 4.28. The standard InChI is InChI=1S/C13H20O/c1-9(2)11(4)12-7-6-10(3)8-13(12)14-5/h6-9,11H,1-5H3. The lowest BCUT2D eigenvalue weighted by Gasteiger charge is -2.19. The second kappa shape index (κ2) is 4.50. The molecule has 0 spiro atoms. The highest BCUT2D eigenvalue weighted by molar-refractivity contribution is 5.39. The van der Waals surface area contributed by atoms with E-state index in [1.54, 1.807) is 7.11 Å². The first-order valence-corrected chi connectivity index (χ1v) is 5.20. The van der Waals surface area contributed by atoms with Gasteiger partial charge in [-0.05, 0) is 36.0 Å². The van der Waals surface area contributed by atoms with Gasteiger partial charge in [0.15, 0.2) is 0 Å². The molecular formula is C13H20O. The molecule has 1 heteroatoms. The van der Waals surface area contributed by atoms with Gasteiger partial charge in [0.25, 0.3) is 0 Å². The number of rotatable bonds is 3. The van der Waals surface area contributed by atoms with E-state index >= 15 is 0 Å². The van der Waals surface area contributed by atoms with Crippen molar-refractivity contribution in [3.63, 3.8) is 0 Å². The van der Waals surface area contributed by atoms with Crippen molar-refractivity contribution in [2.75, 3.05) is 7.11 Å². The Morgan fingerprint density at radius 2 is 1.79 bits per heavy atom. The normalized spacial score (nSPS) is 13.0. The third kappa shape index (κ3) is 2.28. The van der Waals surface area contributed by atoms with Crippen LogP contribution < -0.4 is 4.74 Å². The molecule has 0 fully saturated rings. The van der Waals surface area contributed by atoms with E-state index in [1.807, 2.05) is 0 Å². The highest BCUT2D eigenvalue weighted by Crippen LogP contribution is 2.31. The highest BCUT2D eigenvalue weighted by Gasteiger charge is 2.14. The molecule has 0 saturated carbocycles. The summed E-state index contributed by atoms with van der Waals surface area (Å²) in [6, 6.07) is 6.43. The first kappa shape index (κ1) is 11.1. The summed E-state index contributed by atoms with van der Waals surface area (Å²) in [5.41, 5.74) is 2.56. The third-order valence-corrected chi connectivity index (χ3v) is 2.88. The molecule has 0 aliphatic rings. The van der Waals surface area contributed by atoms with E-state index in [2.05, 4.69) is 45.9 Å². The summed E-state index contributed by atoms with van der Waals surface area (Å²) in [7, 11) is 1.74. The van der Waals surface area contributed by atoms with Crippen LogP contribution in [-0.2, 0) is 0 Å². The van der Waals surface area contributed by atoms with E-state index in [-0.39, 0.29) is 0 Å². The van der Waals surface area contributed by atoms with Crippen molar-refractivity contribution < 1.29 is 4.74 Å². The summed E-state index contributed by atoms with van der Waals surface area (Å²) < 4.78 is 5.40. The molecular weight excluding hydrogens is 172 g/mol. The average molecular weight is 192 g/mol. The second-order valence-electron chi connectivity index (χ2n) is 4.28. The Morgan fingerprint density at radius 1 is 1.14 bits per heavy atom. The van der Waals surface area contributed by atoms with E-state index in [1.165, 1.54) is 11.1 Å². The van der Waals surface area contributed by atoms with E-state index in [9.17, 15) is 0 Å². The fraction of sp³-hybridized carbons (Fsp3) is 0.538. The van der Waals surface area contributed by atoms with Gasteiger partial charge in [-0.25, -0.2) is 0 Å². The highest BCUT2D eigenvalue weighted by atomic mass is 16.5. The SMILES string of the molecule is COc1cc(C)ccc1C(C)C(C)C. The van der Waals surface area contributed by atoms with E-state index in [0.29, 0.717) is 11.8 Å². The van der Waals surface area contributed by atoms with Crippen LogP contribution in [0, 0.1) is 12.8 Å². The molecule has 0 aliphatic heterocycles. The fourth-order valence-electron chi connectivity index (χ4n) is 1.55. The lowest BCUT2D eigenvalue weighted by molar-refractivity contribution is 0.398. The molecule has 1 aromatic carbocycles. The molecule has 1 aromatic rings. The van der Waals surface area contributed by atoms with Gasteiger partial charge < -0.3 is 4.74 Å². The molecule has 1 nitrogen and oxygen atoms in total. The van der Waals surface area contributed by atoms with Crippen LogP contribution in [0.1, 0.15) is 37.8 Å². The van der Waals surface area contributed by atoms with Gasteiger partial charge in [0, 0.05) is 0 Å². The Hall–Kier alpha value is -0.980. The molecule has 1 atom stereocenters. The molecule has 0 bridgehead atoms. The predicted molar refractivity (Wildman–Crippen MR) is 61.0 cm³/mol. The van der Waals surface area contributed by atoms with Crippen LogP contribution >= 0.6 is 0 Å². The maximum Gasteiger partial charge on any atom is 0.122 e. The van der Waals surface area contributed by atoms with Crippen molar-refractivity contribution in [3.8, 4) is 5.75 Å². The Balaban J connectivity index is 3.07. The van der Waals surface area contributed by atoms with Crippen LogP contribution in [0.3, 0.4) is 0 Å². The lowest BCUT2D eigenvalue weighted by atomic mass is 9.89. The monoisotopic (exact) mass is 192 g/mol. The minimum atomic E-state index is 0.547. The van der Waals surface area contributed by atoms with Crippen molar-refractivity contribution in [2.24, 2.45) is 5.92 Å². The molecule has 78 valence electrons. The lowest BCUT2D eigenvalue weighted by Crippen LogP contribution is -2.04. The molecule has 0 aliphatic carbocycles. The van der Waals surface area contributed by atoms with Crippen molar-refractivity contribution in [1.29, 1.82) is 0 Å². The zero-order valence-corrected chi connectivity index (χ0v) is 9.79. The third-order valence-electron chi connectivity index (χ3n) is 2.88. The zero-order valence-electron chi connectivity index (χ0n) is 9.79. The predicted octanol–water partition coefficient (Wildman–Crippen LogP) is 3.76. The van der Waals surface area contributed by atoms with Crippen LogP contribution in [0.25, 0.3) is 0 Å². The first-order valence-electron chi connectivity index (χ1n) is 5.20. The summed E-state index contributed by atoms with van der Waals surface area (Å²) in [4.78, 5) is 0. The van der Waals surface area contributed by atoms with Gasteiger partial charge in [0.1, 0.15) is 5.75 Å². The Kier molecular flexibility index (Phi) is 3.56. The average Bonchev–Trinajstić information content (AvgIpc) is 2.16. The van der Waals surface area contributed by atoms with Gasteiger partial charge in [-0.3, -0.25) is 0 Å². The maximum atomic E-state index is 5.40. The van der Waals surface area contributed by atoms with E-state index in [4.69, 9.17) is 4.74 Å². The number of ether oxygens (including phenoxy) is 1. The summed E-state index contributed by atoms with van der Waals surface area (Å²) in [6.07, 6.45) is 0. The minimum Gasteiger partial charge on any atom is -0.496 e. The number of methoxy groups -OCH3 is 1. The number of benzene rings is 1. The maximum absolute atomic E-state index is 5.40. The van der Waals surface area contributed by atoms with Gasteiger partial charge in [0.2, 0.25) is 0 Å². The molecule has 0 aromatic heterocycles. The van der Waals surface area contributed by atoms with E-state index < -0.39 is 0 Å². The fourth-order valence-corrected chi connectivity index (χ4v) is 1.55. The van der Waals surface area contributed by atoms with E-state index in [0.717, 1.165) is 5.75 Å². The van der Waals surface area contributed by atoms with Crippen LogP contribution in [0.15, 0.2) is 18.2 Å². The minimum absolute atomic E-state index is 0.547. The van der Waals surface area contributed by atoms with Crippen molar-refractivity contribution >= 4 is 0 Å². The molecule has 0 amide bonds. The van der Waals surface area contributed by atoms with Gasteiger partial charge in [0.05, 0.1) is 7.11 Å². The Bertz CT molecular complexity index is 302. The quantitative estimate of drug-likeness (QED) is 0.708. The molecule has 0 radical (unpaired) electrons. The summed E-state index contributed by atoms with van der Waals surface area (Å²) in [5, 5.41) is 0. The number of aryl methyl sites for hydroxylation is 1. The van der Waals surface area contributed by atoms with Crippen molar-refractivity contribution in [1.82, 2.24) is 0 Å². The first-order chi connectivity index (χ1) is 6.56. The largest absolute Gasteiger partial charge is 0.496 e. The van der Waals surface area contributed by atoms with Crippen molar-refractivity contribution in [2.45, 2.75) is 33.6 Å². The van der Waals surface area contributed by atoms with Gasteiger partial charge >= 0.3 is 0 Å².